The van der Waals surface area contributed by atoms with Crippen molar-refractivity contribution < 1.29 is 14.7 Å². The molecule has 2 heterocycles. The Kier molecular flexibility index (Phi) is 6.34. The van der Waals surface area contributed by atoms with Gasteiger partial charge in [0, 0.05) is 23.1 Å². The maximum absolute atomic E-state index is 13.6. The average molecular weight is 485 g/mol. The molecule has 0 atom stereocenters. The molecule has 0 N–H and O–H groups in total. The second-order valence-electron chi connectivity index (χ2n) is 8.95. The van der Waals surface area contributed by atoms with Crippen LogP contribution in [-0.2, 0) is 4.79 Å². The number of rotatable bonds is 5. The molecule has 1 saturated heterocycles. The van der Waals surface area contributed by atoms with Crippen LogP contribution in [0.25, 0.3) is 11.8 Å². The minimum Gasteiger partial charge on any atom is -0.545 e. The van der Waals surface area contributed by atoms with Crippen molar-refractivity contribution in [2.45, 2.75) is 45.6 Å². The zero-order valence-corrected chi connectivity index (χ0v) is 20.5. The number of carboxylic acids is 1. The average Bonchev–Trinajstić information content (AvgIpc) is 3.54. The summed E-state index contributed by atoms with van der Waals surface area (Å²) in [5.41, 5.74) is 4.51. The maximum atomic E-state index is 13.6. The molecule has 178 valence electrons. The van der Waals surface area contributed by atoms with Crippen LogP contribution in [-0.4, -0.2) is 32.6 Å². The monoisotopic (exact) mass is 484 g/mol. The number of hydrogen-bond acceptors (Lipinski definition) is 5. The predicted octanol–water partition coefficient (Wildman–Crippen LogP) is 5.00. The maximum Gasteiger partial charge on any atom is 0.267 e. The number of amidine groups is 1. The van der Waals surface area contributed by atoms with Gasteiger partial charge in [-0.15, -0.1) is 0 Å². The van der Waals surface area contributed by atoms with Gasteiger partial charge in [0.05, 0.1) is 16.6 Å². The molecule has 1 aliphatic carbocycles. The number of hydrogen-bond donors (Lipinski definition) is 0. The smallest absolute Gasteiger partial charge is 0.267 e. The van der Waals surface area contributed by atoms with E-state index in [4.69, 9.17) is 4.99 Å². The fourth-order valence-electron chi connectivity index (χ4n) is 4.91. The third-order valence-electron chi connectivity index (χ3n) is 6.60. The first-order valence-electron chi connectivity index (χ1n) is 11.8. The summed E-state index contributed by atoms with van der Waals surface area (Å²) in [7, 11) is 0. The normalized spacial score (nSPS) is 18.8. The summed E-state index contributed by atoms with van der Waals surface area (Å²) in [6.45, 7) is 3.94. The summed E-state index contributed by atoms with van der Waals surface area (Å²) in [6, 6.07) is 18.6. The van der Waals surface area contributed by atoms with Gasteiger partial charge in [-0.2, -0.15) is 0 Å². The molecule has 1 aliphatic heterocycles. The highest BCUT2D eigenvalue weighted by molar-refractivity contribution is 8.18. The Morgan fingerprint density at radius 1 is 1.06 bits per heavy atom. The fraction of sp³-hybridized carbons (Fsp3) is 0.250. The van der Waals surface area contributed by atoms with Gasteiger partial charge in [-0.1, -0.05) is 43.2 Å². The van der Waals surface area contributed by atoms with Crippen molar-refractivity contribution in [2.75, 3.05) is 0 Å². The van der Waals surface area contributed by atoms with E-state index in [-0.39, 0.29) is 17.5 Å². The summed E-state index contributed by atoms with van der Waals surface area (Å²) in [6.07, 6.45) is 6.18. The predicted molar refractivity (Wildman–Crippen MR) is 138 cm³/mol. The second kappa shape index (κ2) is 9.58. The Labute approximate surface area is 209 Å². The van der Waals surface area contributed by atoms with Crippen molar-refractivity contribution >= 4 is 40.6 Å². The van der Waals surface area contributed by atoms with Crippen LogP contribution in [0.2, 0.25) is 0 Å². The van der Waals surface area contributed by atoms with Crippen LogP contribution in [0.1, 0.15) is 53.0 Å². The van der Waals surface area contributed by atoms with E-state index in [1.54, 1.807) is 12.1 Å². The number of carbonyl (C=O) groups excluding carboxylic acids is 2. The van der Waals surface area contributed by atoms with E-state index in [0.717, 1.165) is 59.2 Å². The highest BCUT2D eigenvalue weighted by Crippen LogP contribution is 2.39. The van der Waals surface area contributed by atoms with Crippen molar-refractivity contribution in [2.24, 2.45) is 4.99 Å². The van der Waals surface area contributed by atoms with Crippen LogP contribution in [0.15, 0.2) is 70.6 Å². The van der Waals surface area contributed by atoms with Crippen LogP contribution in [0.3, 0.4) is 0 Å². The lowest BCUT2D eigenvalue weighted by molar-refractivity contribution is -0.255. The Bertz CT molecular complexity index is 1350. The van der Waals surface area contributed by atoms with Crippen LogP contribution < -0.4 is 5.11 Å². The standard InChI is InChI=1S/C28H27N3O3S/c1-18-15-21(19(2)30(18)24-14-8-9-20(16-24)27(33)34)17-25-26(32)31(23-12-6-7-13-23)28(35-25)29-22-10-4-3-5-11-22/h3-5,8-11,14-17,23H,6-7,12-13H2,1-2H3,(H,33,34)/p-1/b25-17-,29-28?. The van der Waals surface area contributed by atoms with Gasteiger partial charge in [-0.3, -0.25) is 9.69 Å². The van der Waals surface area contributed by atoms with Crippen LogP contribution in [0.5, 0.6) is 0 Å². The Morgan fingerprint density at radius 2 is 1.80 bits per heavy atom. The molecule has 2 aromatic carbocycles. The molecule has 2 aliphatic rings. The number of para-hydroxylation sites is 1. The second-order valence-corrected chi connectivity index (χ2v) is 9.96. The van der Waals surface area contributed by atoms with Gasteiger partial charge < -0.3 is 14.5 Å². The number of thioether (sulfide) groups is 1. The van der Waals surface area contributed by atoms with E-state index in [2.05, 4.69) is 0 Å². The van der Waals surface area contributed by atoms with Gasteiger partial charge >= 0.3 is 0 Å². The number of aliphatic imine (C=N–C) groups is 1. The van der Waals surface area contributed by atoms with Gasteiger partial charge in [0.25, 0.3) is 5.91 Å². The molecule has 3 aromatic rings. The van der Waals surface area contributed by atoms with Crippen molar-refractivity contribution in [3.63, 3.8) is 0 Å². The number of aryl methyl sites for hydroxylation is 1. The molecule has 7 heteroatoms. The van der Waals surface area contributed by atoms with Crippen LogP contribution in [0, 0.1) is 13.8 Å². The van der Waals surface area contributed by atoms with Crippen LogP contribution in [0.4, 0.5) is 5.69 Å². The molecule has 2 fully saturated rings. The molecular formula is C28H26N3O3S-. The molecule has 0 unspecified atom stereocenters. The summed E-state index contributed by atoms with van der Waals surface area (Å²) in [5, 5.41) is 12.1. The minimum atomic E-state index is -1.21. The third-order valence-corrected chi connectivity index (χ3v) is 7.59. The number of carbonyl (C=O) groups is 2. The summed E-state index contributed by atoms with van der Waals surface area (Å²) in [4.78, 5) is 32.3. The van der Waals surface area contributed by atoms with Crippen LogP contribution >= 0.6 is 11.8 Å². The quantitative estimate of drug-likeness (QED) is 0.477. The Balaban J connectivity index is 1.52. The van der Waals surface area contributed by atoms with Crippen molar-refractivity contribution in [1.82, 2.24) is 9.47 Å². The first kappa shape index (κ1) is 23.2. The van der Waals surface area contributed by atoms with Gasteiger partial charge in [0.1, 0.15) is 0 Å². The zero-order valence-electron chi connectivity index (χ0n) is 19.7. The summed E-state index contributed by atoms with van der Waals surface area (Å²) < 4.78 is 2.00. The molecular weight excluding hydrogens is 458 g/mol. The zero-order chi connectivity index (χ0) is 24.5. The van der Waals surface area contributed by atoms with Gasteiger partial charge in [-0.05, 0) is 86.0 Å². The number of amides is 1. The number of benzene rings is 2. The van der Waals surface area contributed by atoms with E-state index < -0.39 is 5.97 Å². The highest BCUT2D eigenvalue weighted by atomic mass is 32.2. The first-order valence-corrected chi connectivity index (χ1v) is 12.6. The number of aromatic nitrogens is 1. The van der Waals surface area contributed by atoms with E-state index in [1.807, 2.05) is 71.9 Å². The molecule has 0 spiro atoms. The van der Waals surface area contributed by atoms with E-state index in [0.29, 0.717) is 4.91 Å². The SMILES string of the molecule is Cc1cc(/C=C2\SC(=Nc3ccccc3)N(C3CCCC3)C2=O)c(C)n1-c1cccc(C(=O)[O-])c1. The van der Waals surface area contributed by atoms with E-state index >= 15 is 0 Å². The summed E-state index contributed by atoms with van der Waals surface area (Å²) in [5.74, 6) is -1.21. The molecule has 1 saturated carbocycles. The lowest BCUT2D eigenvalue weighted by atomic mass is 10.2. The van der Waals surface area contributed by atoms with Gasteiger partial charge in [-0.25, -0.2) is 4.99 Å². The third kappa shape index (κ3) is 4.56. The lowest BCUT2D eigenvalue weighted by Gasteiger charge is -2.22. The number of carboxylic acid groups (broad SMARTS) is 1. The van der Waals surface area contributed by atoms with Gasteiger partial charge in [0.2, 0.25) is 0 Å². The topological polar surface area (TPSA) is 77.7 Å². The largest absolute Gasteiger partial charge is 0.545 e. The summed E-state index contributed by atoms with van der Waals surface area (Å²) >= 11 is 1.42. The van der Waals surface area contributed by atoms with Gasteiger partial charge in [0.15, 0.2) is 5.17 Å². The molecule has 0 radical (unpaired) electrons. The van der Waals surface area contributed by atoms with Crippen molar-refractivity contribution in [1.29, 1.82) is 0 Å². The first-order chi connectivity index (χ1) is 16.9. The van der Waals surface area contributed by atoms with E-state index in [1.165, 1.54) is 17.8 Å². The Hall–Kier alpha value is -3.58. The molecule has 5 rings (SSSR count). The number of nitrogens with zero attached hydrogens (tertiary/aromatic N) is 3. The lowest BCUT2D eigenvalue weighted by Crippen LogP contribution is -2.37. The Morgan fingerprint density at radius 3 is 2.51 bits per heavy atom. The molecule has 1 amide bonds. The minimum absolute atomic E-state index is 0.000308. The molecule has 0 bridgehead atoms. The molecule has 1 aromatic heterocycles. The number of aromatic carboxylic acids is 1. The fourth-order valence-corrected chi connectivity index (χ4v) is 5.96. The molecule has 6 nitrogen and oxygen atoms in total. The van der Waals surface area contributed by atoms with Crippen molar-refractivity contribution in [3.8, 4) is 5.69 Å². The molecule has 35 heavy (non-hydrogen) atoms. The highest BCUT2D eigenvalue weighted by Gasteiger charge is 2.39. The van der Waals surface area contributed by atoms with Crippen molar-refractivity contribution in [3.05, 3.63) is 88.1 Å². The van der Waals surface area contributed by atoms with E-state index in [9.17, 15) is 14.7 Å².